The van der Waals surface area contributed by atoms with Crippen molar-refractivity contribution in [1.29, 1.82) is 0 Å². The zero-order valence-electron chi connectivity index (χ0n) is 13.5. The van der Waals surface area contributed by atoms with Crippen LogP contribution < -0.4 is 5.73 Å². The number of rotatable bonds is 4. The summed E-state index contributed by atoms with van der Waals surface area (Å²) in [4.78, 5) is 5.01. The molecule has 0 bridgehead atoms. The van der Waals surface area contributed by atoms with E-state index in [1.165, 1.54) is 38.6 Å². The van der Waals surface area contributed by atoms with Crippen molar-refractivity contribution in [3.8, 4) is 0 Å². The number of nitrogens with zero attached hydrogens (tertiary/aromatic N) is 2. The summed E-state index contributed by atoms with van der Waals surface area (Å²) < 4.78 is 0. The third-order valence-corrected chi connectivity index (χ3v) is 5.76. The summed E-state index contributed by atoms with van der Waals surface area (Å²) in [5.41, 5.74) is 6.87. The largest absolute Gasteiger partial charge is 0.326 e. The maximum Gasteiger partial charge on any atom is 0.0330 e. The summed E-state index contributed by atoms with van der Waals surface area (Å²) in [5, 5.41) is 0. The molecule has 4 atom stereocenters. The Kier molecular flexibility index (Phi) is 4.59. The maximum atomic E-state index is 6.46. The second-order valence-electron chi connectivity index (χ2n) is 7.60. The molecule has 0 saturated heterocycles. The molecule has 0 spiro atoms. The van der Waals surface area contributed by atoms with Crippen LogP contribution in [0, 0.1) is 11.8 Å². The first kappa shape index (κ1) is 15.3. The van der Waals surface area contributed by atoms with Crippen molar-refractivity contribution in [3.05, 3.63) is 0 Å². The molecule has 4 unspecified atom stereocenters. The van der Waals surface area contributed by atoms with Crippen molar-refractivity contribution in [1.82, 2.24) is 9.80 Å². The standard InChI is InChI=1S/C16H33N3/c1-12-9-13(2)15(14(17)10-12)19(5)11-16(18(3)4)7-6-8-16/h12-15H,6-11,17H2,1-5H3. The van der Waals surface area contributed by atoms with Crippen molar-refractivity contribution < 1.29 is 0 Å². The predicted octanol–water partition coefficient (Wildman–Crippen LogP) is 2.16. The summed E-state index contributed by atoms with van der Waals surface area (Å²) in [5.74, 6) is 1.52. The molecule has 0 amide bonds. The van der Waals surface area contributed by atoms with E-state index in [0.29, 0.717) is 17.6 Å². The van der Waals surface area contributed by atoms with Crippen LogP contribution in [0.15, 0.2) is 0 Å². The monoisotopic (exact) mass is 267 g/mol. The zero-order valence-corrected chi connectivity index (χ0v) is 13.5. The van der Waals surface area contributed by atoms with Crippen LogP contribution in [-0.2, 0) is 0 Å². The van der Waals surface area contributed by atoms with Gasteiger partial charge >= 0.3 is 0 Å². The van der Waals surface area contributed by atoms with Gasteiger partial charge in [0.15, 0.2) is 0 Å². The van der Waals surface area contributed by atoms with Crippen LogP contribution in [0.5, 0.6) is 0 Å². The van der Waals surface area contributed by atoms with E-state index in [2.05, 4.69) is 44.8 Å². The molecule has 2 aliphatic rings. The van der Waals surface area contributed by atoms with E-state index in [-0.39, 0.29) is 0 Å². The Hall–Kier alpha value is -0.120. The Morgan fingerprint density at radius 1 is 1.11 bits per heavy atom. The first-order chi connectivity index (χ1) is 8.85. The van der Waals surface area contributed by atoms with Crippen LogP contribution in [0.1, 0.15) is 46.0 Å². The minimum absolute atomic E-state index is 0.350. The normalized spacial score (nSPS) is 38.5. The summed E-state index contributed by atoms with van der Waals surface area (Å²) in [6, 6.07) is 0.914. The van der Waals surface area contributed by atoms with Crippen LogP contribution in [0.3, 0.4) is 0 Å². The minimum Gasteiger partial charge on any atom is -0.326 e. The molecule has 2 saturated carbocycles. The molecule has 0 aliphatic heterocycles. The van der Waals surface area contributed by atoms with E-state index < -0.39 is 0 Å². The SMILES string of the molecule is CC1CC(C)C(N(C)CC2(N(C)C)CCC2)C(N)C1. The van der Waals surface area contributed by atoms with Crippen LogP contribution in [0.2, 0.25) is 0 Å². The first-order valence-electron chi connectivity index (χ1n) is 7.99. The molecule has 3 heteroatoms. The summed E-state index contributed by atoms with van der Waals surface area (Å²) in [7, 11) is 6.76. The number of nitrogens with two attached hydrogens (primary N) is 1. The van der Waals surface area contributed by atoms with Gasteiger partial charge in [0, 0.05) is 24.2 Å². The van der Waals surface area contributed by atoms with Crippen LogP contribution >= 0.6 is 0 Å². The van der Waals surface area contributed by atoms with Gasteiger partial charge in [0.25, 0.3) is 0 Å². The summed E-state index contributed by atoms with van der Waals surface area (Å²) >= 11 is 0. The lowest BCUT2D eigenvalue weighted by Gasteiger charge is -2.52. The molecule has 0 aromatic carbocycles. The van der Waals surface area contributed by atoms with Crippen molar-refractivity contribution in [2.75, 3.05) is 27.7 Å². The average Bonchev–Trinajstić information content (AvgIpc) is 2.21. The zero-order chi connectivity index (χ0) is 14.2. The lowest BCUT2D eigenvalue weighted by Crippen LogP contribution is -2.62. The van der Waals surface area contributed by atoms with Gasteiger partial charge in [-0.15, -0.1) is 0 Å². The molecule has 0 radical (unpaired) electrons. The van der Waals surface area contributed by atoms with Gasteiger partial charge in [0.05, 0.1) is 0 Å². The number of likely N-dealkylation sites (N-methyl/N-ethyl adjacent to an activating group) is 2. The molecule has 2 fully saturated rings. The van der Waals surface area contributed by atoms with Gasteiger partial charge in [0.2, 0.25) is 0 Å². The average molecular weight is 267 g/mol. The van der Waals surface area contributed by atoms with Gasteiger partial charge in [-0.1, -0.05) is 13.8 Å². The highest BCUT2D eigenvalue weighted by molar-refractivity contribution is 5.01. The van der Waals surface area contributed by atoms with E-state index in [1.807, 2.05) is 0 Å². The van der Waals surface area contributed by atoms with Crippen LogP contribution in [-0.4, -0.2) is 55.1 Å². The van der Waals surface area contributed by atoms with Gasteiger partial charge in [0.1, 0.15) is 0 Å². The van der Waals surface area contributed by atoms with E-state index in [0.717, 1.165) is 11.8 Å². The van der Waals surface area contributed by atoms with Crippen molar-refractivity contribution in [2.45, 2.75) is 63.6 Å². The van der Waals surface area contributed by atoms with Crippen LogP contribution in [0.4, 0.5) is 0 Å². The number of hydrogen-bond donors (Lipinski definition) is 1. The Morgan fingerprint density at radius 3 is 2.16 bits per heavy atom. The van der Waals surface area contributed by atoms with E-state index in [1.54, 1.807) is 0 Å². The molecule has 19 heavy (non-hydrogen) atoms. The summed E-state index contributed by atoms with van der Waals surface area (Å²) in [6.07, 6.45) is 6.59. The predicted molar refractivity (Wildman–Crippen MR) is 82.2 cm³/mol. The second kappa shape index (κ2) is 5.71. The molecular weight excluding hydrogens is 234 g/mol. The molecule has 3 nitrogen and oxygen atoms in total. The number of hydrogen-bond acceptors (Lipinski definition) is 3. The molecule has 0 aromatic rings. The Balaban J connectivity index is 2.00. The molecular formula is C16H33N3. The van der Waals surface area contributed by atoms with Crippen molar-refractivity contribution in [2.24, 2.45) is 17.6 Å². The maximum absolute atomic E-state index is 6.46. The minimum atomic E-state index is 0.350. The Morgan fingerprint density at radius 2 is 1.74 bits per heavy atom. The Labute approximate surface area is 119 Å². The Bertz CT molecular complexity index is 286. The summed E-state index contributed by atoms with van der Waals surface area (Å²) in [6.45, 7) is 5.91. The highest BCUT2D eigenvalue weighted by atomic mass is 15.2. The molecule has 112 valence electrons. The highest BCUT2D eigenvalue weighted by Gasteiger charge is 2.43. The molecule has 2 aliphatic carbocycles. The fourth-order valence-corrected chi connectivity index (χ4v) is 4.56. The lowest BCUT2D eigenvalue weighted by atomic mass is 9.73. The topological polar surface area (TPSA) is 32.5 Å². The van der Waals surface area contributed by atoms with Gasteiger partial charge in [-0.05, 0) is 65.1 Å². The van der Waals surface area contributed by atoms with Gasteiger partial charge < -0.3 is 10.6 Å². The van der Waals surface area contributed by atoms with Crippen LogP contribution in [0.25, 0.3) is 0 Å². The highest BCUT2D eigenvalue weighted by Crippen LogP contribution is 2.38. The van der Waals surface area contributed by atoms with Gasteiger partial charge in [-0.25, -0.2) is 0 Å². The molecule has 0 heterocycles. The smallest absolute Gasteiger partial charge is 0.0330 e. The fourth-order valence-electron chi connectivity index (χ4n) is 4.56. The molecule has 0 aromatic heterocycles. The van der Waals surface area contributed by atoms with E-state index in [9.17, 15) is 0 Å². The quantitative estimate of drug-likeness (QED) is 0.847. The first-order valence-corrected chi connectivity index (χ1v) is 7.99. The third kappa shape index (κ3) is 2.98. The second-order valence-corrected chi connectivity index (χ2v) is 7.60. The lowest BCUT2D eigenvalue weighted by molar-refractivity contribution is -0.00586. The molecule has 2 rings (SSSR count). The van der Waals surface area contributed by atoms with Gasteiger partial charge in [-0.3, -0.25) is 4.90 Å². The van der Waals surface area contributed by atoms with E-state index >= 15 is 0 Å². The van der Waals surface area contributed by atoms with E-state index in [4.69, 9.17) is 5.73 Å². The van der Waals surface area contributed by atoms with Crippen molar-refractivity contribution >= 4 is 0 Å². The van der Waals surface area contributed by atoms with Gasteiger partial charge in [-0.2, -0.15) is 0 Å². The van der Waals surface area contributed by atoms with Crippen molar-refractivity contribution in [3.63, 3.8) is 0 Å². The fraction of sp³-hybridized carbons (Fsp3) is 1.00. The third-order valence-electron chi connectivity index (χ3n) is 5.76. The molecule has 2 N–H and O–H groups in total.